The number of carbonyl (C=O) groups is 1. The first-order chi connectivity index (χ1) is 6.16. The number of rotatable bonds is 1. The molecule has 0 fully saturated rings. The maximum absolute atomic E-state index is 10.7. The van der Waals surface area contributed by atoms with E-state index in [9.17, 15) is 4.79 Å². The molecular formula is C10H11NO2. The van der Waals surface area contributed by atoms with Crippen molar-refractivity contribution in [2.75, 3.05) is 5.32 Å². The SMILES string of the molecule is Cc1ccc2c(c1)N[C@@H](C(=O)O)C2. The summed E-state index contributed by atoms with van der Waals surface area (Å²) >= 11 is 0. The summed E-state index contributed by atoms with van der Waals surface area (Å²) in [5.41, 5.74) is 3.21. The van der Waals surface area contributed by atoms with E-state index in [4.69, 9.17) is 5.11 Å². The van der Waals surface area contributed by atoms with Gasteiger partial charge in [-0.25, -0.2) is 4.79 Å². The predicted molar refractivity (Wildman–Crippen MR) is 49.9 cm³/mol. The standard InChI is InChI=1S/C10H11NO2/c1-6-2-3-7-5-9(10(12)13)11-8(7)4-6/h2-4,9,11H,5H2,1H3,(H,12,13)/t9-/m1/s1. The molecule has 0 spiro atoms. The van der Waals surface area contributed by atoms with Crippen molar-refractivity contribution in [3.05, 3.63) is 29.3 Å². The molecule has 0 aliphatic carbocycles. The first kappa shape index (κ1) is 8.10. The van der Waals surface area contributed by atoms with E-state index in [0.717, 1.165) is 16.8 Å². The Morgan fingerprint density at radius 2 is 2.38 bits per heavy atom. The number of fused-ring (bicyclic) bond motifs is 1. The smallest absolute Gasteiger partial charge is 0.326 e. The fourth-order valence-corrected chi connectivity index (χ4v) is 1.61. The average molecular weight is 177 g/mol. The third kappa shape index (κ3) is 1.37. The Kier molecular flexibility index (Phi) is 1.72. The van der Waals surface area contributed by atoms with Gasteiger partial charge in [0.05, 0.1) is 0 Å². The van der Waals surface area contributed by atoms with Gasteiger partial charge in [0, 0.05) is 12.1 Å². The number of carboxylic acids is 1. The summed E-state index contributed by atoms with van der Waals surface area (Å²) in [7, 11) is 0. The molecule has 0 unspecified atom stereocenters. The molecule has 13 heavy (non-hydrogen) atoms. The highest BCUT2D eigenvalue weighted by molar-refractivity contribution is 5.81. The van der Waals surface area contributed by atoms with Crippen LogP contribution in [-0.4, -0.2) is 17.1 Å². The van der Waals surface area contributed by atoms with Crippen LogP contribution >= 0.6 is 0 Å². The largest absolute Gasteiger partial charge is 0.480 e. The molecule has 0 radical (unpaired) electrons. The Hall–Kier alpha value is -1.51. The highest BCUT2D eigenvalue weighted by Crippen LogP contribution is 2.26. The number of carboxylic acid groups (broad SMARTS) is 1. The number of aliphatic carboxylic acids is 1. The molecule has 1 aliphatic rings. The number of hydrogen-bond acceptors (Lipinski definition) is 2. The molecule has 1 aliphatic heterocycles. The number of benzene rings is 1. The van der Waals surface area contributed by atoms with Gasteiger partial charge in [-0.05, 0) is 24.1 Å². The minimum absolute atomic E-state index is 0.447. The van der Waals surface area contributed by atoms with Crippen molar-refractivity contribution < 1.29 is 9.90 Å². The van der Waals surface area contributed by atoms with Gasteiger partial charge in [0.25, 0.3) is 0 Å². The summed E-state index contributed by atoms with van der Waals surface area (Å²) in [5.74, 6) is -0.783. The van der Waals surface area contributed by atoms with Crippen molar-refractivity contribution in [2.24, 2.45) is 0 Å². The summed E-state index contributed by atoms with van der Waals surface area (Å²) in [6, 6.07) is 5.53. The van der Waals surface area contributed by atoms with Crippen molar-refractivity contribution in [3.8, 4) is 0 Å². The fourth-order valence-electron chi connectivity index (χ4n) is 1.61. The van der Waals surface area contributed by atoms with Crippen molar-refractivity contribution in [1.29, 1.82) is 0 Å². The van der Waals surface area contributed by atoms with Crippen LogP contribution in [0.4, 0.5) is 5.69 Å². The monoisotopic (exact) mass is 177 g/mol. The molecule has 68 valence electrons. The van der Waals surface area contributed by atoms with Gasteiger partial charge in [-0.15, -0.1) is 0 Å². The van der Waals surface area contributed by atoms with E-state index >= 15 is 0 Å². The quantitative estimate of drug-likeness (QED) is 0.682. The van der Waals surface area contributed by atoms with Crippen molar-refractivity contribution in [1.82, 2.24) is 0 Å². The van der Waals surface area contributed by atoms with E-state index in [-0.39, 0.29) is 0 Å². The van der Waals surface area contributed by atoms with E-state index in [2.05, 4.69) is 5.32 Å². The third-order valence-corrected chi connectivity index (χ3v) is 2.32. The predicted octanol–water partition coefficient (Wildman–Crippen LogP) is 1.42. The molecule has 0 saturated carbocycles. The zero-order valence-electron chi connectivity index (χ0n) is 7.37. The number of hydrogen-bond donors (Lipinski definition) is 2. The lowest BCUT2D eigenvalue weighted by Gasteiger charge is -2.03. The molecule has 3 nitrogen and oxygen atoms in total. The van der Waals surface area contributed by atoms with E-state index in [0.29, 0.717) is 6.42 Å². The number of anilines is 1. The summed E-state index contributed by atoms with van der Waals surface area (Å²) in [6.45, 7) is 2.00. The van der Waals surface area contributed by atoms with Crippen LogP contribution in [0.5, 0.6) is 0 Å². The van der Waals surface area contributed by atoms with E-state index < -0.39 is 12.0 Å². The molecule has 1 heterocycles. The molecule has 1 atom stereocenters. The Morgan fingerprint density at radius 1 is 1.62 bits per heavy atom. The Bertz CT molecular complexity index is 360. The maximum atomic E-state index is 10.7. The minimum Gasteiger partial charge on any atom is -0.480 e. The lowest BCUT2D eigenvalue weighted by molar-refractivity contribution is -0.137. The van der Waals surface area contributed by atoms with Gasteiger partial charge in [-0.1, -0.05) is 12.1 Å². The average Bonchev–Trinajstić information content (AvgIpc) is 2.46. The van der Waals surface area contributed by atoms with Crippen LogP contribution < -0.4 is 5.32 Å². The zero-order valence-corrected chi connectivity index (χ0v) is 7.37. The number of aryl methyl sites for hydroxylation is 1. The molecule has 3 heteroatoms. The summed E-state index contributed by atoms with van der Waals surface area (Å²) in [6.07, 6.45) is 0.588. The van der Waals surface area contributed by atoms with Gasteiger partial charge < -0.3 is 10.4 Å². The minimum atomic E-state index is -0.783. The molecule has 0 aromatic heterocycles. The van der Waals surface area contributed by atoms with Gasteiger partial charge >= 0.3 is 5.97 Å². The summed E-state index contributed by atoms with van der Waals surface area (Å²) in [5, 5.41) is 11.8. The van der Waals surface area contributed by atoms with Crippen LogP contribution in [0.2, 0.25) is 0 Å². The van der Waals surface area contributed by atoms with Crippen LogP contribution in [0.25, 0.3) is 0 Å². The third-order valence-electron chi connectivity index (χ3n) is 2.32. The zero-order chi connectivity index (χ0) is 9.42. The van der Waals surface area contributed by atoms with Gasteiger partial charge in [-0.2, -0.15) is 0 Å². The van der Waals surface area contributed by atoms with Crippen LogP contribution in [0.15, 0.2) is 18.2 Å². The van der Waals surface area contributed by atoms with Crippen molar-refractivity contribution >= 4 is 11.7 Å². The first-order valence-corrected chi connectivity index (χ1v) is 4.25. The molecule has 2 rings (SSSR count). The molecule has 0 bridgehead atoms. The second-order valence-corrected chi connectivity index (χ2v) is 3.40. The molecule has 0 amide bonds. The fraction of sp³-hybridized carbons (Fsp3) is 0.300. The summed E-state index contributed by atoms with van der Waals surface area (Å²) in [4.78, 5) is 10.7. The lowest BCUT2D eigenvalue weighted by atomic mass is 10.1. The van der Waals surface area contributed by atoms with Crippen LogP contribution in [0.1, 0.15) is 11.1 Å². The lowest BCUT2D eigenvalue weighted by Crippen LogP contribution is -2.26. The Labute approximate surface area is 76.4 Å². The highest BCUT2D eigenvalue weighted by atomic mass is 16.4. The van der Waals surface area contributed by atoms with Crippen LogP contribution in [0, 0.1) is 6.92 Å². The number of nitrogens with one attached hydrogen (secondary N) is 1. The molecule has 0 saturated heterocycles. The van der Waals surface area contributed by atoms with Gasteiger partial charge in [-0.3, -0.25) is 0 Å². The Morgan fingerprint density at radius 3 is 3.08 bits per heavy atom. The van der Waals surface area contributed by atoms with Gasteiger partial charge in [0.15, 0.2) is 0 Å². The normalized spacial score (nSPS) is 19.3. The Balaban J connectivity index is 2.30. The molecule has 2 N–H and O–H groups in total. The van der Waals surface area contributed by atoms with E-state index in [1.165, 1.54) is 0 Å². The first-order valence-electron chi connectivity index (χ1n) is 4.25. The van der Waals surface area contributed by atoms with Crippen LogP contribution in [-0.2, 0) is 11.2 Å². The van der Waals surface area contributed by atoms with Crippen LogP contribution in [0.3, 0.4) is 0 Å². The summed E-state index contributed by atoms with van der Waals surface area (Å²) < 4.78 is 0. The second-order valence-electron chi connectivity index (χ2n) is 3.40. The molecule has 1 aromatic carbocycles. The maximum Gasteiger partial charge on any atom is 0.326 e. The topological polar surface area (TPSA) is 49.3 Å². The highest BCUT2D eigenvalue weighted by Gasteiger charge is 2.25. The van der Waals surface area contributed by atoms with E-state index in [1.807, 2.05) is 25.1 Å². The van der Waals surface area contributed by atoms with Crippen molar-refractivity contribution in [3.63, 3.8) is 0 Å². The molecular weight excluding hydrogens is 166 g/mol. The van der Waals surface area contributed by atoms with Crippen molar-refractivity contribution in [2.45, 2.75) is 19.4 Å². The molecule has 1 aromatic rings. The van der Waals surface area contributed by atoms with Gasteiger partial charge in [0.1, 0.15) is 6.04 Å². The van der Waals surface area contributed by atoms with E-state index in [1.54, 1.807) is 0 Å². The second kappa shape index (κ2) is 2.76. The van der Waals surface area contributed by atoms with Gasteiger partial charge in [0.2, 0.25) is 0 Å².